The highest BCUT2D eigenvalue weighted by Crippen LogP contribution is 2.32. The first-order valence-electron chi connectivity index (χ1n) is 13.9. The first-order chi connectivity index (χ1) is 20.2. The molecule has 0 aromatic heterocycles. The number of aryl methyl sites for hydroxylation is 1. The molecular formula is C32H40ClN3O6S. The lowest BCUT2D eigenvalue weighted by Crippen LogP contribution is -2.55. The van der Waals surface area contributed by atoms with Gasteiger partial charge in [-0.05, 0) is 82.1 Å². The molecule has 0 saturated heterocycles. The number of benzene rings is 3. The SMILES string of the molecule is CCC(C(=O)NC(C)(C)C)N(Cc1cccc(OC)c1)C(=O)CN(c1ccc(OC)c(Cl)c1)S(=O)(=O)c1ccc(C)cc1. The van der Waals surface area contributed by atoms with Crippen LogP contribution in [0.3, 0.4) is 0 Å². The van der Waals surface area contributed by atoms with Gasteiger partial charge in [0.25, 0.3) is 10.0 Å². The first-order valence-corrected chi connectivity index (χ1v) is 15.7. The summed E-state index contributed by atoms with van der Waals surface area (Å²) in [6.07, 6.45) is 0.302. The molecule has 0 bridgehead atoms. The fourth-order valence-electron chi connectivity index (χ4n) is 4.52. The number of ether oxygens (including phenoxy) is 2. The summed E-state index contributed by atoms with van der Waals surface area (Å²) in [4.78, 5) is 29.1. The molecule has 43 heavy (non-hydrogen) atoms. The Morgan fingerprint density at radius 1 is 0.977 bits per heavy atom. The van der Waals surface area contributed by atoms with Crippen LogP contribution in [0.25, 0.3) is 0 Å². The third kappa shape index (κ3) is 8.64. The van der Waals surface area contributed by atoms with Crippen molar-refractivity contribution >= 4 is 39.1 Å². The monoisotopic (exact) mass is 629 g/mol. The molecule has 1 N–H and O–H groups in total. The van der Waals surface area contributed by atoms with E-state index >= 15 is 0 Å². The van der Waals surface area contributed by atoms with Gasteiger partial charge >= 0.3 is 0 Å². The second-order valence-electron chi connectivity index (χ2n) is 11.2. The van der Waals surface area contributed by atoms with Crippen molar-refractivity contribution in [1.82, 2.24) is 10.2 Å². The quantitative estimate of drug-likeness (QED) is 0.280. The van der Waals surface area contributed by atoms with Crippen LogP contribution in [0.2, 0.25) is 5.02 Å². The highest BCUT2D eigenvalue weighted by molar-refractivity contribution is 7.92. The van der Waals surface area contributed by atoms with Crippen LogP contribution >= 0.6 is 11.6 Å². The number of nitrogens with one attached hydrogen (secondary N) is 1. The Balaban J connectivity index is 2.12. The third-order valence-corrected chi connectivity index (χ3v) is 8.77. The van der Waals surface area contributed by atoms with Crippen molar-refractivity contribution in [2.24, 2.45) is 0 Å². The van der Waals surface area contributed by atoms with Gasteiger partial charge in [0.15, 0.2) is 0 Å². The Morgan fingerprint density at radius 3 is 2.21 bits per heavy atom. The zero-order chi connectivity index (χ0) is 31.9. The molecule has 0 fully saturated rings. The van der Waals surface area contributed by atoms with Gasteiger partial charge < -0.3 is 19.7 Å². The number of methoxy groups -OCH3 is 2. The number of sulfonamides is 1. The standard InChI is InChI=1S/C32H40ClN3O6S/c1-8-28(31(38)34-32(3,4)5)35(20-23-10-9-11-25(18-23)41-6)30(37)21-36(24-14-17-29(42-7)27(33)19-24)43(39,40)26-15-12-22(2)13-16-26/h9-19,28H,8,20-21H2,1-7H3,(H,34,38). The maximum atomic E-state index is 14.2. The Labute approximate surface area is 259 Å². The van der Waals surface area contributed by atoms with E-state index in [1.165, 1.54) is 36.3 Å². The predicted octanol–water partition coefficient (Wildman–Crippen LogP) is 5.58. The summed E-state index contributed by atoms with van der Waals surface area (Å²) in [5, 5.41) is 3.14. The van der Waals surface area contributed by atoms with E-state index in [1.807, 2.05) is 40.7 Å². The van der Waals surface area contributed by atoms with E-state index in [0.29, 0.717) is 17.9 Å². The highest BCUT2D eigenvalue weighted by atomic mass is 35.5. The Morgan fingerprint density at radius 2 is 1.65 bits per heavy atom. The van der Waals surface area contributed by atoms with Gasteiger partial charge in [0, 0.05) is 12.1 Å². The number of carbonyl (C=O) groups is 2. The molecule has 9 nitrogen and oxygen atoms in total. The lowest BCUT2D eigenvalue weighted by atomic mass is 10.1. The number of halogens is 1. The fraction of sp³-hybridized carbons (Fsp3) is 0.375. The number of amides is 2. The van der Waals surface area contributed by atoms with Crippen molar-refractivity contribution in [2.75, 3.05) is 25.1 Å². The van der Waals surface area contributed by atoms with Gasteiger partial charge in [-0.2, -0.15) is 0 Å². The van der Waals surface area contributed by atoms with Gasteiger partial charge in [-0.25, -0.2) is 8.42 Å². The molecule has 1 unspecified atom stereocenters. The number of hydrogen-bond donors (Lipinski definition) is 1. The minimum absolute atomic E-state index is 0.00898. The molecule has 11 heteroatoms. The number of carbonyl (C=O) groups excluding carboxylic acids is 2. The molecule has 0 aliphatic heterocycles. The van der Waals surface area contributed by atoms with Crippen LogP contribution in [0.5, 0.6) is 11.5 Å². The smallest absolute Gasteiger partial charge is 0.264 e. The van der Waals surface area contributed by atoms with Crippen molar-refractivity contribution in [3.63, 3.8) is 0 Å². The van der Waals surface area contributed by atoms with Crippen LogP contribution in [0, 0.1) is 6.92 Å². The Bertz CT molecular complexity index is 1540. The van der Waals surface area contributed by atoms with Gasteiger partial charge in [-0.15, -0.1) is 0 Å². The molecule has 0 saturated carbocycles. The average molecular weight is 630 g/mol. The molecule has 2 amide bonds. The number of nitrogens with zero attached hydrogens (tertiary/aromatic N) is 2. The van der Waals surface area contributed by atoms with Crippen LogP contribution < -0.4 is 19.1 Å². The van der Waals surface area contributed by atoms with E-state index in [4.69, 9.17) is 21.1 Å². The first kappa shape index (κ1) is 33.7. The minimum Gasteiger partial charge on any atom is -0.497 e. The molecule has 0 radical (unpaired) electrons. The maximum Gasteiger partial charge on any atom is 0.264 e. The molecular weight excluding hydrogens is 590 g/mol. The van der Waals surface area contributed by atoms with Gasteiger partial charge in [-0.1, -0.05) is 48.4 Å². The van der Waals surface area contributed by atoms with Crippen molar-refractivity contribution in [3.8, 4) is 11.5 Å². The molecule has 1 atom stereocenters. The van der Waals surface area contributed by atoms with Crippen molar-refractivity contribution in [2.45, 2.75) is 64.1 Å². The topological polar surface area (TPSA) is 105 Å². The molecule has 0 aliphatic carbocycles. The van der Waals surface area contributed by atoms with Gasteiger partial charge in [0.2, 0.25) is 11.8 Å². The van der Waals surface area contributed by atoms with Crippen LogP contribution in [0.15, 0.2) is 71.6 Å². The third-order valence-electron chi connectivity index (χ3n) is 6.68. The second kappa shape index (κ2) is 14.1. The normalized spacial score (nSPS) is 12.3. The van der Waals surface area contributed by atoms with E-state index < -0.39 is 34.1 Å². The lowest BCUT2D eigenvalue weighted by molar-refractivity contribution is -0.141. The molecule has 0 aliphatic rings. The summed E-state index contributed by atoms with van der Waals surface area (Å²) in [6.45, 7) is 8.70. The summed E-state index contributed by atoms with van der Waals surface area (Å²) < 4.78 is 39.7. The second-order valence-corrected chi connectivity index (χ2v) is 13.4. The molecule has 3 aromatic rings. The largest absolute Gasteiger partial charge is 0.497 e. The van der Waals surface area contributed by atoms with Gasteiger partial charge in [-0.3, -0.25) is 13.9 Å². The van der Waals surface area contributed by atoms with E-state index in [2.05, 4.69) is 5.32 Å². The molecule has 0 spiro atoms. The van der Waals surface area contributed by atoms with Crippen molar-refractivity contribution in [3.05, 3.63) is 82.9 Å². The zero-order valence-electron chi connectivity index (χ0n) is 25.7. The molecule has 232 valence electrons. The lowest BCUT2D eigenvalue weighted by Gasteiger charge is -2.35. The van der Waals surface area contributed by atoms with Crippen LogP contribution in [-0.4, -0.2) is 57.5 Å². The zero-order valence-corrected chi connectivity index (χ0v) is 27.3. The molecule has 3 aromatic carbocycles. The highest BCUT2D eigenvalue weighted by Gasteiger charge is 2.35. The summed E-state index contributed by atoms with van der Waals surface area (Å²) >= 11 is 6.39. The van der Waals surface area contributed by atoms with Gasteiger partial charge in [0.1, 0.15) is 24.1 Å². The van der Waals surface area contributed by atoms with E-state index in [9.17, 15) is 18.0 Å². The van der Waals surface area contributed by atoms with E-state index in [0.717, 1.165) is 15.4 Å². The predicted molar refractivity (Wildman–Crippen MR) is 169 cm³/mol. The Hall–Kier alpha value is -3.76. The number of anilines is 1. The van der Waals surface area contributed by atoms with Crippen LogP contribution in [0.1, 0.15) is 45.2 Å². The molecule has 3 rings (SSSR count). The van der Waals surface area contributed by atoms with Crippen LogP contribution in [-0.2, 0) is 26.2 Å². The summed E-state index contributed by atoms with van der Waals surface area (Å²) in [6, 6.07) is 17.2. The van der Waals surface area contributed by atoms with Crippen molar-refractivity contribution in [1.29, 1.82) is 0 Å². The summed E-state index contributed by atoms with van der Waals surface area (Å²) in [5.41, 5.74) is 1.23. The van der Waals surface area contributed by atoms with Crippen LogP contribution in [0.4, 0.5) is 5.69 Å². The summed E-state index contributed by atoms with van der Waals surface area (Å²) in [5.74, 6) is 0.0375. The summed E-state index contributed by atoms with van der Waals surface area (Å²) in [7, 11) is -1.24. The number of rotatable bonds is 12. The number of hydrogen-bond acceptors (Lipinski definition) is 6. The fourth-order valence-corrected chi connectivity index (χ4v) is 6.17. The van der Waals surface area contributed by atoms with E-state index in [1.54, 1.807) is 43.5 Å². The van der Waals surface area contributed by atoms with Gasteiger partial charge in [0.05, 0.1) is 29.8 Å². The average Bonchev–Trinajstić information content (AvgIpc) is 2.95. The minimum atomic E-state index is -4.23. The van der Waals surface area contributed by atoms with E-state index in [-0.39, 0.29) is 28.1 Å². The molecule has 0 heterocycles. The van der Waals surface area contributed by atoms with Crippen molar-refractivity contribution < 1.29 is 27.5 Å². The Kier molecular flexibility index (Phi) is 11.1. The maximum absolute atomic E-state index is 14.2.